The molecule has 3 heteroatoms. The maximum atomic E-state index is 8.73. The monoisotopic (exact) mass is 149 g/mol. The summed E-state index contributed by atoms with van der Waals surface area (Å²) in [6.45, 7) is 5.90. The standard InChI is InChI=1S/C8H11N3/c1-6(2)11-5-10-7(3)8(11)4-9/h5-6H,1-3H3. The van der Waals surface area contributed by atoms with Crippen molar-refractivity contribution in [2.24, 2.45) is 0 Å². The fraction of sp³-hybridized carbons (Fsp3) is 0.500. The molecule has 0 spiro atoms. The van der Waals surface area contributed by atoms with E-state index in [4.69, 9.17) is 5.26 Å². The van der Waals surface area contributed by atoms with Gasteiger partial charge in [0.05, 0.1) is 12.0 Å². The summed E-state index contributed by atoms with van der Waals surface area (Å²) in [6.07, 6.45) is 1.71. The summed E-state index contributed by atoms with van der Waals surface area (Å²) in [7, 11) is 0. The van der Waals surface area contributed by atoms with E-state index in [9.17, 15) is 0 Å². The van der Waals surface area contributed by atoms with Crippen molar-refractivity contribution in [3.05, 3.63) is 17.7 Å². The zero-order valence-electron chi connectivity index (χ0n) is 7.00. The van der Waals surface area contributed by atoms with Gasteiger partial charge in [0.1, 0.15) is 11.8 Å². The van der Waals surface area contributed by atoms with Crippen LogP contribution in [-0.4, -0.2) is 9.55 Å². The molecule has 0 aromatic carbocycles. The van der Waals surface area contributed by atoms with Crippen molar-refractivity contribution >= 4 is 0 Å². The molecule has 0 saturated carbocycles. The predicted molar refractivity (Wildman–Crippen MR) is 42.1 cm³/mol. The molecule has 11 heavy (non-hydrogen) atoms. The van der Waals surface area contributed by atoms with Gasteiger partial charge in [0.2, 0.25) is 0 Å². The number of hydrogen-bond donors (Lipinski definition) is 0. The van der Waals surface area contributed by atoms with Gasteiger partial charge in [0.25, 0.3) is 0 Å². The van der Waals surface area contributed by atoms with Gasteiger partial charge in [-0.2, -0.15) is 5.26 Å². The Labute approximate surface area is 66.3 Å². The lowest BCUT2D eigenvalue weighted by Gasteiger charge is -2.06. The number of rotatable bonds is 1. The van der Waals surface area contributed by atoms with E-state index in [1.54, 1.807) is 6.33 Å². The van der Waals surface area contributed by atoms with E-state index in [0.29, 0.717) is 11.7 Å². The Morgan fingerprint density at radius 2 is 2.27 bits per heavy atom. The SMILES string of the molecule is Cc1ncn(C(C)C)c1C#N. The van der Waals surface area contributed by atoms with Crippen molar-refractivity contribution in [1.29, 1.82) is 5.26 Å². The molecule has 0 aliphatic carbocycles. The average Bonchev–Trinajstić information content (AvgIpc) is 2.30. The highest BCUT2D eigenvalue weighted by molar-refractivity contribution is 5.26. The third-order valence-electron chi connectivity index (χ3n) is 1.64. The van der Waals surface area contributed by atoms with Crippen LogP contribution < -0.4 is 0 Å². The molecule has 0 N–H and O–H groups in total. The second kappa shape index (κ2) is 2.75. The van der Waals surface area contributed by atoms with Crippen LogP contribution >= 0.6 is 0 Å². The van der Waals surface area contributed by atoms with E-state index in [0.717, 1.165) is 5.69 Å². The summed E-state index contributed by atoms with van der Waals surface area (Å²) in [6, 6.07) is 2.44. The molecule has 0 amide bonds. The Morgan fingerprint density at radius 3 is 2.64 bits per heavy atom. The van der Waals surface area contributed by atoms with Crippen LogP contribution in [0.4, 0.5) is 0 Å². The van der Waals surface area contributed by atoms with E-state index in [1.165, 1.54) is 0 Å². The fourth-order valence-electron chi connectivity index (χ4n) is 0.985. The summed E-state index contributed by atoms with van der Waals surface area (Å²) < 4.78 is 1.87. The van der Waals surface area contributed by atoms with Gasteiger partial charge in [0.15, 0.2) is 0 Å². The van der Waals surface area contributed by atoms with Gasteiger partial charge >= 0.3 is 0 Å². The van der Waals surface area contributed by atoms with E-state index in [-0.39, 0.29) is 0 Å². The molecule has 0 radical (unpaired) electrons. The normalized spacial score (nSPS) is 10.1. The molecule has 3 nitrogen and oxygen atoms in total. The number of nitrogens with zero attached hydrogens (tertiary/aromatic N) is 3. The van der Waals surface area contributed by atoms with Crippen LogP contribution in [0.1, 0.15) is 31.3 Å². The van der Waals surface area contributed by atoms with Crippen LogP contribution in [0.25, 0.3) is 0 Å². The van der Waals surface area contributed by atoms with Crippen LogP contribution in [-0.2, 0) is 0 Å². The summed E-state index contributed by atoms with van der Waals surface area (Å²) >= 11 is 0. The Hall–Kier alpha value is -1.30. The summed E-state index contributed by atoms with van der Waals surface area (Å²) in [5.41, 5.74) is 1.47. The molecule has 1 aromatic rings. The highest BCUT2D eigenvalue weighted by atomic mass is 15.1. The molecule has 0 unspecified atom stereocenters. The van der Waals surface area contributed by atoms with Crippen molar-refractivity contribution in [2.75, 3.05) is 0 Å². The maximum absolute atomic E-state index is 8.73. The smallest absolute Gasteiger partial charge is 0.143 e. The molecule has 1 rings (SSSR count). The fourth-order valence-corrected chi connectivity index (χ4v) is 0.985. The lowest BCUT2D eigenvalue weighted by atomic mass is 10.3. The highest BCUT2D eigenvalue weighted by Crippen LogP contribution is 2.11. The Balaban J connectivity index is 3.19. The highest BCUT2D eigenvalue weighted by Gasteiger charge is 2.07. The molecule has 0 aliphatic rings. The van der Waals surface area contributed by atoms with Gasteiger partial charge in [-0.05, 0) is 20.8 Å². The first-order valence-corrected chi connectivity index (χ1v) is 3.60. The van der Waals surface area contributed by atoms with E-state index in [2.05, 4.69) is 11.1 Å². The summed E-state index contributed by atoms with van der Waals surface area (Å²) in [5, 5.41) is 8.73. The molecule has 1 aromatic heterocycles. The van der Waals surface area contributed by atoms with Gasteiger partial charge in [0, 0.05) is 6.04 Å². The van der Waals surface area contributed by atoms with E-state index < -0.39 is 0 Å². The number of imidazole rings is 1. The molecule has 1 heterocycles. The zero-order chi connectivity index (χ0) is 8.43. The minimum Gasteiger partial charge on any atom is -0.320 e. The summed E-state index contributed by atoms with van der Waals surface area (Å²) in [5.74, 6) is 0. The molecule has 0 fully saturated rings. The zero-order valence-corrected chi connectivity index (χ0v) is 7.00. The lowest BCUT2D eigenvalue weighted by Crippen LogP contribution is -2.01. The first kappa shape index (κ1) is 7.80. The van der Waals surface area contributed by atoms with Gasteiger partial charge in [-0.1, -0.05) is 0 Å². The second-order valence-corrected chi connectivity index (χ2v) is 2.79. The molecular formula is C8H11N3. The van der Waals surface area contributed by atoms with Crippen LogP contribution in [0, 0.1) is 18.3 Å². The molecule has 0 aliphatic heterocycles. The molecule has 0 atom stereocenters. The van der Waals surface area contributed by atoms with Gasteiger partial charge < -0.3 is 4.57 Å². The molecule has 0 bridgehead atoms. The summed E-state index contributed by atoms with van der Waals surface area (Å²) in [4.78, 5) is 4.05. The van der Waals surface area contributed by atoms with Crippen molar-refractivity contribution in [3.8, 4) is 6.07 Å². The Kier molecular flexibility index (Phi) is 1.95. The van der Waals surface area contributed by atoms with E-state index >= 15 is 0 Å². The minimum atomic E-state index is 0.311. The van der Waals surface area contributed by atoms with Crippen LogP contribution in [0.15, 0.2) is 6.33 Å². The largest absolute Gasteiger partial charge is 0.320 e. The van der Waals surface area contributed by atoms with Crippen LogP contribution in [0.3, 0.4) is 0 Å². The Morgan fingerprint density at radius 1 is 1.64 bits per heavy atom. The third kappa shape index (κ3) is 1.25. The predicted octanol–water partition coefficient (Wildman–Crippen LogP) is 1.64. The first-order valence-electron chi connectivity index (χ1n) is 3.60. The van der Waals surface area contributed by atoms with Crippen molar-refractivity contribution in [3.63, 3.8) is 0 Å². The van der Waals surface area contributed by atoms with Crippen LogP contribution in [0.5, 0.6) is 0 Å². The molecule has 0 saturated heterocycles. The van der Waals surface area contributed by atoms with Crippen molar-refractivity contribution in [1.82, 2.24) is 9.55 Å². The molecular weight excluding hydrogens is 138 g/mol. The minimum absolute atomic E-state index is 0.311. The van der Waals surface area contributed by atoms with Crippen LogP contribution in [0.2, 0.25) is 0 Å². The third-order valence-corrected chi connectivity index (χ3v) is 1.64. The number of nitriles is 1. The topological polar surface area (TPSA) is 41.6 Å². The van der Waals surface area contributed by atoms with Gasteiger partial charge in [-0.3, -0.25) is 0 Å². The lowest BCUT2D eigenvalue weighted by molar-refractivity contribution is 0.593. The number of aryl methyl sites for hydroxylation is 1. The average molecular weight is 149 g/mol. The van der Waals surface area contributed by atoms with Crippen molar-refractivity contribution < 1.29 is 0 Å². The van der Waals surface area contributed by atoms with Crippen molar-refractivity contribution in [2.45, 2.75) is 26.8 Å². The Bertz CT molecular complexity index is 291. The first-order chi connectivity index (χ1) is 5.16. The number of hydrogen-bond acceptors (Lipinski definition) is 2. The quantitative estimate of drug-likeness (QED) is 0.609. The number of aromatic nitrogens is 2. The van der Waals surface area contributed by atoms with Gasteiger partial charge in [-0.15, -0.1) is 0 Å². The molecule has 58 valence electrons. The second-order valence-electron chi connectivity index (χ2n) is 2.79. The van der Waals surface area contributed by atoms with Gasteiger partial charge in [-0.25, -0.2) is 4.98 Å². The van der Waals surface area contributed by atoms with E-state index in [1.807, 2.05) is 25.3 Å². The maximum Gasteiger partial charge on any atom is 0.143 e.